The van der Waals surface area contributed by atoms with Crippen molar-refractivity contribution in [3.63, 3.8) is 0 Å². The zero-order valence-electron chi connectivity index (χ0n) is 12.1. The van der Waals surface area contributed by atoms with Crippen LogP contribution in [0.1, 0.15) is 26.0 Å². The van der Waals surface area contributed by atoms with Gasteiger partial charge in [0.05, 0.1) is 5.69 Å². The maximum atomic E-state index is 5.74. The van der Waals surface area contributed by atoms with Crippen LogP contribution in [0.2, 0.25) is 0 Å². The van der Waals surface area contributed by atoms with E-state index in [2.05, 4.69) is 36.4 Å². The first-order valence-corrected chi connectivity index (χ1v) is 7.00. The maximum Gasteiger partial charge on any atom is 0.150 e. The zero-order valence-corrected chi connectivity index (χ0v) is 12.1. The number of rotatable bonds is 6. The summed E-state index contributed by atoms with van der Waals surface area (Å²) >= 11 is 0. The minimum absolute atomic E-state index is 0.647. The van der Waals surface area contributed by atoms with Gasteiger partial charge in [0.25, 0.3) is 0 Å². The second-order valence-corrected chi connectivity index (χ2v) is 5.45. The third-order valence-electron chi connectivity index (χ3n) is 3.39. The fraction of sp³-hybridized carbons (Fsp3) is 0.533. The van der Waals surface area contributed by atoms with E-state index in [1.54, 1.807) is 0 Å². The quantitative estimate of drug-likeness (QED) is 0.867. The number of nitrogens with zero attached hydrogens (tertiary/aromatic N) is 3. The number of fused-ring (bicyclic) bond motifs is 1. The fourth-order valence-corrected chi connectivity index (χ4v) is 2.27. The molecule has 0 aliphatic heterocycles. The molecule has 0 fully saturated rings. The van der Waals surface area contributed by atoms with E-state index in [0.29, 0.717) is 12.5 Å². The number of nitrogens with two attached hydrogens (primary N) is 1. The molecule has 2 rings (SSSR count). The minimum Gasteiger partial charge on any atom is -0.358 e. The second kappa shape index (κ2) is 6.06. The molecule has 0 amide bonds. The summed E-state index contributed by atoms with van der Waals surface area (Å²) in [6.45, 7) is 6.17. The first-order chi connectivity index (χ1) is 9.13. The number of pyridine rings is 1. The van der Waals surface area contributed by atoms with Crippen molar-refractivity contribution in [3.05, 3.63) is 30.1 Å². The van der Waals surface area contributed by atoms with Gasteiger partial charge in [0.2, 0.25) is 0 Å². The van der Waals surface area contributed by atoms with Crippen molar-refractivity contribution < 1.29 is 0 Å². The molecule has 0 saturated heterocycles. The molecule has 2 aromatic heterocycles. The predicted molar refractivity (Wildman–Crippen MR) is 80.7 cm³/mol. The Hall–Kier alpha value is -1.55. The van der Waals surface area contributed by atoms with E-state index in [-0.39, 0.29) is 0 Å². The topological polar surface area (TPSA) is 46.6 Å². The number of aromatic nitrogens is 2. The smallest absolute Gasteiger partial charge is 0.150 e. The summed E-state index contributed by atoms with van der Waals surface area (Å²) in [5, 5.41) is 0. The molecule has 2 aromatic rings. The molecule has 0 aromatic carbocycles. The Morgan fingerprint density at radius 3 is 2.84 bits per heavy atom. The molecule has 2 N–H and O–H groups in total. The molecule has 0 saturated carbocycles. The van der Waals surface area contributed by atoms with Crippen LogP contribution in [-0.2, 0) is 6.42 Å². The minimum atomic E-state index is 0.647. The van der Waals surface area contributed by atoms with Gasteiger partial charge < -0.3 is 15.0 Å². The Balaban J connectivity index is 2.32. The van der Waals surface area contributed by atoms with E-state index in [0.717, 1.165) is 24.4 Å². The van der Waals surface area contributed by atoms with E-state index < -0.39 is 0 Å². The lowest BCUT2D eigenvalue weighted by atomic mass is 10.1. The lowest BCUT2D eigenvalue weighted by Crippen LogP contribution is -2.22. The van der Waals surface area contributed by atoms with Crippen LogP contribution < -0.4 is 10.6 Å². The van der Waals surface area contributed by atoms with E-state index in [1.165, 1.54) is 12.1 Å². The van der Waals surface area contributed by atoms with Crippen molar-refractivity contribution in [2.45, 2.75) is 26.7 Å². The highest BCUT2D eigenvalue weighted by atomic mass is 15.2. The third kappa shape index (κ3) is 3.07. The van der Waals surface area contributed by atoms with E-state index in [1.807, 2.05) is 18.2 Å². The molecule has 0 bridgehead atoms. The highest BCUT2D eigenvalue weighted by Crippen LogP contribution is 2.21. The summed E-state index contributed by atoms with van der Waals surface area (Å²) in [5.41, 5.74) is 7.95. The van der Waals surface area contributed by atoms with Crippen molar-refractivity contribution in [2.75, 3.05) is 25.0 Å². The SMILES string of the molecule is CC(C)CCN(C)c1nc2ccccn2c1CCN. The van der Waals surface area contributed by atoms with Gasteiger partial charge in [-0.2, -0.15) is 0 Å². The zero-order chi connectivity index (χ0) is 13.8. The van der Waals surface area contributed by atoms with Gasteiger partial charge >= 0.3 is 0 Å². The van der Waals surface area contributed by atoms with E-state index in [4.69, 9.17) is 10.7 Å². The summed E-state index contributed by atoms with van der Waals surface area (Å²) in [6, 6.07) is 6.10. The Labute approximate surface area is 115 Å². The number of anilines is 1. The van der Waals surface area contributed by atoms with E-state index in [9.17, 15) is 0 Å². The number of imidazole rings is 1. The van der Waals surface area contributed by atoms with Crippen LogP contribution >= 0.6 is 0 Å². The summed E-state index contributed by atoms with van der Waals surface area (Å²) in [6.07, 6.45) is 4.09. The molecular formula is C15H24N4. The van der Waals surface area contributed by atoms with Gasteiger partial charge in [-0.05, 0) is 31.0 Å². The standard InChI is InChI=1S/C15H24N4/c1-12(2)8-11-18(3)15-13(7-9-16)19-10-5-4-6-14(19)17-15/h4-6,10,12H,7-9,11,16H2,1-3H3. The summed E-state index contributed by atoms with van der Waals surface area (Å²) in [5.74, 6) is 1.77. The normalized spacial score (nSPS) is 11.4. The molecule has 0 aliphatic rings. The average molecular weight is 260 g/mol. The molecule has 0 atom stereocenters. The van der Waals surface area contributed by atoms with Gasteiger partial charge in [-0.25, -0.2) is 4.98 Å². The van der Waals surface area contributed by atoms with Crippen LogP contribution in [0.3, 0.4) is 0 Å². The Bertz CT molecular complexity index is 530. The molecule has 19 heavy (non-hydrogen) atoms. The highest BCUT2D eigenvalue weighted by Gasteiger charge is 2.14. The second-order valence-electron chi connectivity index (χ2n) is 5.45. The Morgan fingerprint density at radius 2 is 2.16 bits per heavy atom. The van der Waals surface area contributed by atoms with Gasteiger partial charge in [0, 0.05) is 26.2 Å². The third-order valence-corrected chi connectivity index (χ3v) is 3.39. The fourth-order valence-electron chi connectivity index (χ4n) is 2.27. The van der Waals surface area contributed by atoms with E-state index >= 15 is 0 Å². The molecule has 2 heterocycles. The van der Waals surface area contributed by atoms with Gasteiger partial charge in [-0.1, -0.05) is 19.9 Å². The maximum absolute atomic E-state index is 5.74. The summed E-state index contributed by atoms with van der Waals surface area (Å²) < 4.78 is 2.15. The molecule has 0 spiro atoms. The molecule has 4 nitrogen and oxygen atoms in total. The van der Waals surface area contributed by atoms with Crippen molar-refractivity contribution in [1.82, 2.24) is 9.38 Å². The largest absolute Gasteiger partial charge is 0.358 e. The first kappa shape index (κ1) is 13.9. The average Bonchev–Trinajstić information content (AvgIpc) is 2.76. The lowest BCUT2D eigenvalue weighted by Gasteiger charge is -2.19. The van der Waals surface area contributed by atoms with Crippen LogP contribution in [-0.4, -0.2) is 29.5 Å². The first-order valence-electron chi connectivity index (χ1n) is 7.00. The molecule has 0 aliphatic carbocycles. The Morgan fingerprint density at radius 1 is 1.37 bits per heavy atom. The number of hydrogen-bond donors (Lipinski definition) is 1. The van der Waals surface area contributed by atoms with Gasteiger partial charge in [0.1, 0.15) is 5.65 Å². The van der Waals surface area contributed by atoms with Gasteiger partial charge in [0.15, 0.2) is 5.82 Å². The summed E-state index contributed by atoms with van der Waals surface area (Å²) in [7, 11) is 2.12. The molecule has 104 valence electrons. The van der Waals surface area contributed by atoms with Crippen molar-refractivity contribution in [3.8, 4) is 0 Å². The molecule has 0 unspecified atom stereocenters. The van der Waals surface area contributed by atoms with Crippen LogP contribution in [0.4, 0.5) is 5.82 Å². The van der Waals surface area contributed by atoms with Crippen molar-refractivity contribution in [2.24, 2.45) is 11.7 Å². The predicted octanol–water partition coefficient (Wildman–Crippen LogP) is 2.32. The van der Waals surface area contributed by atoms with Crippen molar-refractivity contribution in [1.29, 1.82) is 0 Å². The van der Waals surface area contributed by atoms with Crippen LogP contribution in [0.25, 0.3) is 5.65 Å². The lowest BCUT2D eigenvalue weighted by molar-refractivity contribution is 0.583. The highest BCUT2D eigenvalue weighted by molar-refractivity contribution is 5.55. The van der Waals surface area contributed by atoms with Crippen molar-refractivity contribution >= 4 is 11.5 Å². The van der Waals surface area contributed by atoms with Crippen LogP contribution in [0.15, 0.2) is 24.4 Å². The monoisotopic (exact) mass is 260 g/mol. The molecule has 0 radical (unpaired) electrons. The Kier molecular flexibility index (Phi) is 4.43. The number of hydrogen-bond acceptors (Lipinski definition) is 3. The van der Waals surface area contributed by atoms with Gasteiger partial charge in [-0.15, -0.1) is 0 Å². The van der Waals surface area contributed by atoms with Crippen LogP contribution in [0.5, 0.6) is 0 Å². The molecule has 4 heteroatoms. The summed E-state index contributed by atoms with van der Waals surface area (Å²) in [4.78, 5) is 6.99. The molecular weight excluding hydrogens is 236 g/mol. The van der Waals surface area contributed by atoms with Crippen LogP contribution in [0, 0.1) is 5.92 Å². The van der Waals surface area contributed by atoms with Gasteiger partial charge in [-0.3, -0.25) is 0 Å².